The van der Waals surface area contributed by atoms with Crippen LogP contribution in [-0.2, 0) is 18.3 Å². The molecule has 0 radical (unpaired) electrons. The Morgan fingerprint density at radius 1 is 1.07 bits per heavy atom. The number of hydrogen-bond acceptors (Lipinski definition) is 3. The number of benzene rings is 2. The quantitative estimate of drug-likeness (QED) is 0.577. The number of rotatable bonds is 4. The lowest BCUT2D eigenvalue weighted by Crippen LogP contribution is -2.19. The van der Waals surface area contributed by atoms with Crippen LogP contribution >= 0.6 is 11.8 Å². The molecule has 1 fully saturated rings. The van der Waals surface area contributed by atoms with E-state index in [0.29, 0.717) is 0 Å². The molecular weight excluding hydrogens is 395 g/mol. The van der Waals surface area contributed by atoms with Crippen LogP contribution in [0.25, 0.3) is 11.1 Å². The van der Waals surface area contributed by atoms with Gasteiger partial charge in [-0.3, -0.25) is 9.79 Å². The smallest absolute Gasteiger partial charge is 0.250 e. The van der Waals surface area contributed by atoms with Crippen LogP contribution in [0.15, 0.2) is 64.5 Å². The van der Waals surface area contributed by atoms with E-state index in [-0.39, 0.29) is 16.9 Å². The monoisotopic (exact) mass is 418 g/mol. The molecule has 152 valence electrons. The fourth-order valence-corrected chi connectivity index (χ4v) is 4.84. The maximum Gasteiger partial charge on any atom is 0.250 e. The van der Waals surface area contributed by atoms with Crippen LogP contribution in [0.3, 0.4) is 0 Å². The molecule has 1 aliphatic heterocycles. The number of hydrogen-bond donors (Lipinski definition) is 0. The first-order valence-corrected chi connectivity index (χ1v) is 11.4. The number of pyridine rings is 1. The summed E-state index contributed by atoms with van der Waals surface area (Å²) in [5.41, 5.74) is 6.90. The number of nitrogens with zero attached hydrogens (tertiary/aromatic N) is 2. The van der Waals surface area contributed by atoms with E-state index in [1.165, 1.54) is 17.7 Å². The maximum absolute atomic E-state index is 13.6. The number of aryl methyl sites for hydroxylation is 1. The first-order chi connectivity index (χ1) is 14.5. The molecule has 5 heteroatoms. The molecule has 2 heterocycles. The average Bonchev–Trinajstić information content (AvgIpc) is 3.54. The summed E-state index contributed by atoms with van der Waals surface area (Å²) in [7, 11) is 1.80. The zero-order chi connectivity index (χ0) is 20.9. The highest BCUT2D eigenvalue weighted by atomic mass is 32.2. The van der Waals surface area contributed by atoms with Gasteiger partial charge in [0.2, 0.25) is 0 Å². The number of aromatic nitrogens is 1. The van der Waals surface area contributed by atoms with Crippen molar-refractivity contribution < 1.29 is 4.39 Å². The Labute approximate surface area is 179 Å². The Hall–Kier alpha value is -2.66. The Bertz CT molecular complexity index is 1220. The third-order valence-electron chi connectivity index (χ3n) is 6.00. The third kappa shape index (κ3) is 3.21. The predicted molar refractivity (Wildman–Crippen MR) is 122 cm³/mol. The van der Waals surface area contributed by atoms with Crippen molar-refractivity contribution in [2.24, 2.45) is 12.0 Å². The zero-order valence-electron chi connectivity index (χ0n) is 17.1. The van der Waals surface area contributed by atoms with E-state index in [4.69, 9.17) is 4.99 Å². The number of thioether (sulfide) groups is 1. The first-order valence-electron chi connectivity index (χ1n) is 10.3. The number of fused-ring (bicyclic) bond motifs is 4. The summed E-state index contributed by atoms with van der Waals surface area (Å²) in [6.45, 7) is 2.16. The number of halogens is 1. The third-order valence-corrected chi connectivity index (χ3v) is 6.94. The highest BCUT2D eigenvalue weighted by molar-refractivity contribution is 7.98. The Morgan fingerprint density at radius 3 is 2.53 bits per heavy atom. The molecule has 0 atom stereocenters. The average molecular weight is 419 g/mol. The van der Waals surface area contributed by atoms with Crippen molar-refractivity contribution in [2.45, 2.75) is 31.1 Å². The molecule has 0 N–H and O–H groups in total. The Balaban J connectivity index is 1.79. The minimum Gasteiger partial charge on any atom is -0.318 e. The minimum atomic E-state index is -0.357. The van der Waals surface area contributed by atoms with E-state index in [1.54, 1.807) is 29.8 Å². The molecule has 1 spiro atoms. The zero-order valence-corrected chi connectivity index (χ0v) is 17.9. The van der Waals surface area contributed by atoms with Gasteiger partial charge in [0.05, 0.1) is 11.3 Å². The van der Waals surface area contributed by atoms with Gasteiger partial charge in [-0.25, -0.2) is 4.39 Å². The Kier molecular flexibility index (Phi) is 4.66. The van der Waals surface area contributed by atoms with Crippen molar-refractivity contribution in [1.29, 1.82) is 0 Å². The van der Waals surface area contributed by atoms with Gasteiger partial charge in [0.25, 0.3) is 5.56 Å². The van der Waals surface area contributed by atoms with Gasteiger partial charge in [-0.05, 0) is 65.6 Å². The van der Waals surface area contributed by atoms with Crippen LogP contribution in [0.1, 0.15) is 42.0 Å². The van der Waals surface area contributed by atoms with E-state index in [2.05, 4.69) is 25.1 Å². The van der Waals surface area contributed by atoms with Crippen LogP contribution in [-0.4, -0.2) is 16.0 Å². The lowest BCUT2D eigenvalue weighted by Gasteiger charge is -2.15. The highest BCUT2D eigenvalue weighted by Crippen LogP contribution is 2.54. The van der Waals surface area contributed by atoms with Crippen LogP contribution in [0.2, 0.25) is 0 Å². The molecular formula is C25H23FN2OS. The van der Waals surface area contributed by atoms with E-state index in [0.717, 1.165) is 57.9 Å². The molecule has 5 rings (SSSR count). The van der Waals surface area contributed by atoms with E-state index in [9.17, 15) is 9.18 Å². The normalized spacial score (nSPS) is 15.9. The van der Waals surface area contributed by atoms with E-state index in [1.807, 2.05) is 18.0 Å². The molecule has 1 aliphatic carbocycles. The number of aliphatic imine (C=N–C) groups is 1. The van der Waals surface area contributed by atoms with Crippen molar-refractivity contribution in [3.8, 4) is 11.1 Å². The van der Waals surface area contributed by atoms with Gasteiger partial charge in [0.1, 0.15) is 5.82 Å². The minimum absolute atomic E-state index is 0.0142. The maximum atomic E-state index is 13.6. The van der Waals surface area contributed by atoms with Gasteiger partial charge in [0, 0.05) is 41.8 Å². The summed E-state index contributed by atoms with van der Waals surface area (Å²) in [4.78, 5) is 17.7. The van der Waals surface area contributed by atoms with Gasteiger partial charge < -0.3 is 4.57 Å². The molecule has 0 bridgehead atoms. The second kappa shape index (κ2) is 7.24. The molecule has 0 saturated heterocycles. The molecule has 0 unspecified atom stereocenters. The van der Waals surface area contributed by atoms with Gasteiger partial charge in [-0.2, -0.15) is 11.8 Å². The van der Waals surface area contributed by atoms with E-state index < -0.39 is 0 Å². The predicted octanol–water partition coefficient (Wildman–Crippen LogP) is 5.28. The first kappa shape index (κ1) is 19.3. The van der Waals surface area contributed by atoms with Gasteiger partial charge in [-0.15, -0.1) is 0 Å². The summed E-state index contributed by atoms with van der Waals surface area (Å²) in [5, 5.41) is 0. The SMILES string of the molecule is CCSCc1ccc2c(c1)-c1cn(C)c(=O)cc1C1(CC1)N=C2c1ccc(F)cc1. The van der Waals surface area contributed by atoms with Gasteiger partial charge in [-0.1, -0.05) is 19.1 Å². The summed E-state index contributed by atoms with van der Waals surface area (Å²) >= 11 is 1.89. The standard InChI is InChI=1S/C25H23FN2OS/c1-3-30-15-16-4-9-19-20(12-16)21-14-28(2)23(29)13-22(21)25(10-11-25)27-24(19)17-5-7-18(26)8-6-17/h4-9,12-14H,3,10-11,15H2,1-2H3. The van der Waals surface area contributed by atoms with Crippen LogP contribution in [0.4, 0.5) is 4.39 Å². The van der Waals surface area contributed by atoms with Crippen LogP contribution in [0, 0.1) is 5.82 Å². The summed E-state index contributed by atoms with van der Waals surface area (Å²) in [6, 6.07) is 14.9. The lowest BCUT2D eigenvalue weighted by atomic mass is 9.90. The van der Waals surface area contributed by atoms with Crippen molar-refractivity contribution >= 4 is 17.5 Å². The molecule has 0 amide bonds. The molecule has 30 heavy (non-hydrogen) atoms. The molecule has 2 aromatic carbocycles. The summed E-state index contributed by atoms with van der Waals surface area (Å²) in [5.74, 6) is 1.75. The molecule has 1 saturated carbocycles. The van der Waals surface area contributed by atoms with Gasteiger partial charge >= 0.3 is 0 Å². The van der Waals surface area contributed by atoms with Crippen molar-refractivity contribution in [3.05, 3.63) is 93.2 Å². The summed E-state index contributed by atoms with van der Waals surface area (Å²) < 4.78 is 15.2. The second-order valence-electron chi connectivity index (χ2n) is 8.07. The fourth-order valence-electron chi connectivity index (χ4n) is 4.22. The van der Waals surface area contributed by atoms with Crippen molar-refractivity contribution in [2.75, 3.05) is 5.75 Å². The highest BCUT2D eigenvalue weighted by Gasteiger charge is 2.48. The summed E-state index contributed by atoms with van der Waals surface area (Å²) in [6.07, 6.45) is 3.80. The van der Waals surface area contributed by atoms with Crippen molar-refractivity contribution in [3.63, 3.8) is 0 Å². The molecule has 2 aliphatic rings. The lowest BCUT2D eigenvalue weighted by molar-refractivity contribution is 0.627. The van der Waals surface area contributed by atoms with Gasteiger partial charge in [0.15, 0.2) is 0 Å². The topological polar surface area (TPSA) is 34.4 Å². The van der Waals surface area contributed by atoms with Crippen molar-refractivity contribution in [1.82, 2.24) is 4.57 Å². The molecule has 3 nitrogen and oxygen atoms in total. The van der Waals surface area contributed by atoms with Crippen LogP contribution in [0.5, 0.6) is 0 Å². The van der Waals surface area contributed by atoms with E-state index >= 15 is 0 Å². The fraction of sp³-hybridized carbons (Fsp3) is 0.280. The second-order valence-corrected chi connectivity index (χ2v) is 9.34. The van der Waals surface area contributed by atoms with Crippen LogP contribution < -0.4 is 5.56 Å². The Morgan fingerprint density at radius 2 is 1.83 bits per heavy atom. The molecule has 3 aromatic rings. The largest absolute Gasteiger partial charge is 0.318 e. The molecule has 1 aromatic heterocycles.